The van der Waals surface area contributed by atoms with Crippen LogP contribution < -0.4 is 21.1 Å². The molecular weight excluding hydrogens is 387 g/mol. The van der Waals surface area contributed by atoms with Gasteiger partial charge in [-0.3, -0.25) is 0 Å². The van der Waals surface area contributed by atoms with Crippen molar-refractivity contribution < 1.29 is 22.7 Å². The van der Waals surface area contributed by atoms with E-state index in [4.69, 9.17) is 10.5 Å². The van der Waals surface area contributed by atoms with Gasteiger partial charge < -0.3 is 21.1 Å². The van der Waals surface area contributed by atoms with E-state index in [0.717, 1.165) is 6.07 Å². The Morgan fingerprint density at radius 3 is 2.31 bits per heavy atom. The second-order valence-corrected chi connectivity index (χ2v) is 6.01. The van der Waals surface area contributed by atoms with Gasteiger partial charge in [-0.2, -0.15) is 13.2 Å². The number of carbonyl (C=O) groups excluding carboxylic acids is 1. The van der Waals surface area contributed by atoms with Gasteiger partial charge in [-0.15, -0.1) is 0 Å². The zero-order valence-electron chi connectivity index (χ0n) is 15.1. The smallest absolute Gasteiger partial charge is 0.416 e. The summed E-state index contributed by atoms with van der Waals surface area (Å²) in [7, 11) is 0. The first-order valence-electron chi connectivity index (χ1n) is 8.32. The van der Waals surface area contributed by atoms with Crippen molar-refractivity contribution in [3.63, 3.8) is 0 Å². The van der Waals surface area contributed by atoms with Gasteiger partial charge in [0.1, 0.15) is 17.9 Å². The fraction of sp³-hybridized carbons (Fsp3) is 0.105. The molecule has 1 heterocycles. The van der Waals surface area contributed by atoms with Gasteiger partial charge in [0.25, 0.3) is 0 Å². The number of benzene rings is 2. The first-order chi connectivity index (χ1) is 13.7. The molecule has 1 aromatic heterocycles. The molecule has 0 aliphatic rings. The van der Waals surface area contributed by atoms with Crippen molar-refractivity contribution in [2.24, 2.45) is 0 Å². The third-order valence-corrected chi connectivity index (χ3v) is 3.80. The lowest BCUT2D eigenvalue weighted by Gasteiger charge is -2.13. The molecule has 0 aliphatic heterocycles. The summed E-state index contributed by atoms with van der Waals surface area (Å²) in [6, 6.07) is 10.7. The Morgan fingerprint density at radius 1 is 1.00 bits per heavy atom. The quantitative estimate of drug-likeness (QED) is 0.580. The molecule has 0 bridgehead atoms. The molecule has 2 amide bonds. The SMILES string of the molecule is Cc1ccc(NC(=O)Nc2ccc(Oc3cc(N)ncn3)cc2)cc1C(F)(F)F. The van der Waals surface area contributed by atoms with Crippen LogP contribution in [0.2, 0.25) is 0 Å². The zero-order chi connectivity index (χ0) is 21.0. The molecule has 0 saturated heterocycles. The molecule has 4 N–H and O–H groups in total. The number of nitrogens with two attached hydrogens (primary N) is 1. The largest absolute Gasteiger partial charge is 0.439 e. The minimum atomic E-state index is -4.50. The van der Waals surface area contributed by atoms with Crippen LogP contribution in [0.4, 0.5) is 35.2 Å². The van der Waals surface area contributed by atoms with Crippen LogP contribution in [-0.4, -0.2) is 16.0 Å². The lowest BCUT2D eigenvalue weighted by atomic mass is 10.1. The van der Waals surface area contributed by atoms with Gasteiger partial charge in [0, 0.05) is 17.4 Å². The molecule has 7 nitrogen and oxygen atoms in total. The summed E-state index contributed by atoms with van der Waals surface area (Å²) < 4.78 is 44.4. The van der Waals surface area contributed by atoms with E-state index in [1.165, 1.54) is 31.5 Å². The molecule has 0 saturated carbocycles. The number of hydrogen-bond acceptors (Lipinski definition) is 5. The Bertz CT molecular complexity index is 1020. The molecule has 0 atom stereocenters. The number of aromatic nitrogens is 2. The Morgan fingerprint density at radius 2 is 1.66 bits per heavy atom. The molecule has 2 aromatic carbocycles. The van der Waals surface area contributed by atoms with Gasteiger partial charge in [-0.25, -0.2) is 14.8 Å². The van der Waals surface area contributed by atoms with Crippen molar-refractivity contribution in [3.8, 4) is 11.6 Å². The van der Waals surface area contributed by atoms with Gasteiger partial charge in [0.05, 0.1) is 5.56 Å². The van der Waals surface area contributed by atoms with Gasteiger partial charge in [0.15, 0.2) is 0 Å². The fourth-order valence-corrected chi connectivity index (χ4v) is 2.43. The molecule has 3 aromatic rings. The maximum Gasteiger partial charge on any atom is 0.416 e. The number of nitrogens with one attached hydrogen (secondary N) is 2. The molecule has 0 spiro atoms. The predicted molar refractivity (Wildman–Crippen MR) is 102 cm³/mol. The number of nitrogen functional groups attached to an aromatic ring is 1. The number of alkyl halides is 3. The molecule has 10 heteroatoms. The second-order valence-electron chi connectivity index (χ2n) is 6.01. The van der Waals surface area contributed by atoms with Crippen LogP contribution in [-0.2, 0) is 6.18 Å². The highest BCUT2D eigenvalue weighted by Crippen LogP contribution is 2.33. The Kier molecular flexibility index (Phi) is 5.53. The van der Waals surface area contributed by atoms with Crippen LogP contribution in [0.3, 0.4) is 0 Å². The van der Waals surface area contributed by atoms with Crippen LogP contribution in [0.15, 0.2) is 54.9 Å². The molecular formula is C19H16F3N5O2. The van der Waals surface area contributed by atoms with E-state index in [0.29, 0.717) is 11.4 Å². The lowest BCUT2D eigenvalue weighted by molar-refractivity contribution is -0.138. The van der Waals surface area contributed by atoms with Crippen LogP contribution in [0.25, 0.3) is 0 Å². The van der Waals surface area contributed by atoms with E-state index in [-0.39, 0.29) is 22.9 Å². The number of aryl methyl sites for hydroxylation is 1. The highest BCUT2D eigenvalue weighted by Gasteiger charge is 2.32. The third-order valence-electron chi connectivity index (χ3n) is 3.80. The maximum atomic E-state index is 13.0. The van der Waals surface area contributed by atoms with Gasteiger partial charge >= 0.3 is 12.2 Å². The van der Waals surface area contributed by atoms with Crippen molar-refractivity contribution >= 4 is 23.2 Å². The summed E-state index contributed by atoms with van der Waals surface area (Å²) in [4.78, 5) is 19.7. The third kappa shape index (κ3) is 5.34. The van der Waals surface area contributed by atoms with Gasteiger partial charge in [0.2, 0.25) is 5.88 Å². The van der Waals surface area contributed by atoms with Gasteiger partial charge in [-0.1, -0.05) is 6.07 Å². The minimum absolute atomic E-state index is 0.0294. The van der Waals surface area contributed by atoms with Crippen LogP contribution in [0.1, 0.15) is 11.1 Å². The highest BCUT2D eigenvalue weighted by atomic mass is 19.4. The van der Waals surface area contributed by atoms with Crippen LogP contribution >= 0.6 is 0 Å². The normalized spacial score (nSPS) is 11.0. The number of carbonyl (C=O) groups is 1. The average Bonchev–Trinajstić information content (AvgIpc) is 2.64. The fourth-order valence-electron chi connectivity index (χ4n) is 2.43. The molecule has 0 radical (unpaired) electrons. The summed E-state index contributed by atoms with van der Waals surface area (Å²) >= 11 is 0. The maximum absolute atomic E-state index is 13.0. The standard InChI is InChI=1S/C19H16F3N5O2/c1-11-2-3-13(8-15(11)19(20,21)22)27-18(28)26-12-4-6-14(7-5-12)29-17-9-16(23)24-10-25-17/h2-10H,1H3,(H2,23,24,25)(H2,26,27,28). The van der Waals surface area contributed by atoms with E-state index >= 15 is 0 Å². The van der Waals surface area contributed by atoms with E-state index < -0.39 is 17.8 Å². The Hall–Kier alpha value is -3.82. The highest BCUT2D eigenvalue weighted by molar-refractivity contribution is 5.99. The number of nitrogens with zero attached hydrogens (tertiary/aromatic N) is 2. The number of halogens is 3. The second kappa shape index (κ2) is 8.05. The van der Waals surface area contributed by atoms with Crippen molar-refractivity contribution in [1.29, 1.82) is 0 Å². The Balaban J connectivity index is 1.62. The number of amides is 2. The Labute approximate surface area is 163 Å². The van der Waals surface area contributed by atoms with Crippen LogP contribution in [0, 0.1) is 6.92 Å². The first-order valence-corrected chi connectivity index (χ1v) is 8.32. The molecule has 3 rings (SSSR count). The van der Waals surface area contributed by atoms with E-state index in [2.05, 4.69) is 20.6 Å². The topological polar surface area (TPSA) is 102 Å². The zero-order valence-corrected chi connectivity index (χ0v) is 15.1. The van der Waals surface area contributed by atoms with E-state index in [1.807, 2.05) is 0 Å². The summed E-state index contributed by atoms with van der Waals surface area (Å²) in [5, 5.41) is 4.91. The molecule has 0 aliphatic carbocycles. The minimum Gasteiger partial charge on any atom is -0.439 e. The number of urea groups is 1. The van der Waals surface area contributed by atoms with Crippen molar-refractivity contribution in [2.45, 2.75) is 13.1 Å². The van der Waals surface area contributed by atoms with Crippen molar-refractivity contribution in [3.05, 3.63) is 66.0 Å². The molecule has 29 heavy (non-hydrogen) atoms. The van der Waals surface area contributed by atoms with E-state index in [9.17, 15) is 18.0 Å². The first kappa shape index (κ1) is 19.9. The van der Waals surface area contributed by atoms with Crippen molar-refractivity contribution in [1.82, 2.24) is 9.97 Å². The average molecular weight is 403 g/mol. The number of ether oxygens (including phenoxy) is 1. The lowest BCUT2D eigenvalue weighted by Crippen LogP contribution is -2.20. The van der Waals surface area contributed by atoms with E-state index in [1.54, 1.807) is 24.3 Å². The van der Waals surface area contributed by atoms with Crippen LogP contribution in [0.5, 0.6) is 11.6 Å². The molecule has 0 fully saturated rings. The summed E-state index contributed by atoms with van der Waals surface area (Å²) in [5.74, 6) is 0.966. The monoisotopic (exact) mass is 403 g/mol. The summed E-state index contributed by atoms with van der Waals surface area (Å²) in [5.41, 5.74) is 5.26. The van der Waals surface area contributed by atoms with Crippen molar-refractivity contribution in [2.75, 3.05) is 16.4 Å². The molecule has 0 unspecified atom stereocenters. The number of hydrogen-bond donors (Lipinski definition) is 3. The predicted octanol–water partition coefficient (Wildman–Crippen LogP) is 4.82. The number of anilines is 3. The summed E-state index contributed by atoms with van der Waals surface area (Å²) in [6.07, 6.45) is -3.23. The summed E-state index contributed by atoms with van der Waals surface area (Å²) in [6.45, 7) is 1.35. The van der Waals surface area contributed by atoms with Gasteiger partial charge in [-0.05, 0) is 48.9 Å². The number of rotatable bonds is 4. The molecule has 150 valence electrons.